The summed E-state index contributed by atoms with van der Waals surface area (Å²) in [6, 6.07) is 5.95. The molecule has 4 rings (SSSR count). The zero-order valence-corrected chi connectivity index (χ0v) is 15.4. The monoisotopic (exact) mass is 406 g/mol. The van der Waals surface area contributed by atoms with E-state index < -0.39 is 23.7 Å². The molecule has 7 nitrogen and oxygen atoms in total. The maximum absolute atomic E-state index is 13.1. The first-order valence-corrected chi connectivity index (χ1v) is 8.88. The number of carbonyl (C=O) groups excluding carboxylic acids is 2. The summed E-state index contributed by atoms with van der Waals surface area (Å²) in [6.45, 7) is 0.217. The summed E-state index contributed by atoms with van der Waals surface area (Å²) < 4.78 is 40.9. The van der Waals surface area contributed by atoms with Crippen molar-refractivity contribution >= 4 is 23.3 Å². The molecule has 29 heavy (non-hydrogen) atoms. The molecule has 1 saturated carbocycles. The van der Waals surface area contributed by atoms with Gasteiger partial charge in [0.25, 0.3) is 5.91 Å². The zero-order chi connectivity index (χ0) is 20.8. The molecule has 1 aliphatic carbocycles. The number of anilines is 2. The van der Waals surface area contributed by atoms with Gasteiger partial charge in [0.15, 0.2) is 0 Å². The predicted molar refractivity (Wildman–Crippen MR) is 97.3 cm³/mol. The van der Waals surface area contributed by atoms with Gasteiger partial charge < -0.3 is 15.0 Å². The SMILES string of the molecule is CNc1cnccc1CN1C(=O)N(c2ccc(OC(F)(F)F)cc2)C(=O)C12CC2. The van der Waals surface area contributed by atoms with Crippen LogP contribution in [0.1, 0.15) is 18.4 Å². The fourth-order valence-electron chi connectivity index (χ4n) is 3.52. The zero-order valence-electron chi connectivity index (χ0n) is 15.4. The lowest BCUT2D eigenvalue weighted by atomic mass is 10.1. The molecule has 2 aromatic rings. The van der Waals surface area contributed by atoms with Crippen LogP contribution >= 0.6 is 0 Å². The molecular formula is C19H17F3N4O3. The van der Waals surface area contributed by atoms with Crippen LogP contribution in [0.3, 0.4) is 0 Å². The van der Waals surface area contributed by atoms with E-state index in [0.717, 1.165) is 28.3 Å². The molecule has 2 heterocycles. The number of carbonyl (C=O) groups is 2. The number of amides is 3. The highest BCUT2D eigenvalue weighted by Crippen LogP contribution is 2.50. The van der Waals surface area contributed by atoms with Crippen LogP contribution < -0.4 is 15.0 Å². The Labute approximate surface area is 164 Å². The highest BCUT2D eigenvalue weighted by Gasteiger charge is 2.65. The molecule has 10 heteroatoms. The van der Waals surface area contributed by atoms with Gasteiger partial charge in [-0.15, -0.1) is 13.2 Å². The second-order valence-corrected chi connectivity index (χ2v) is 6.87. The largest absolute Gasteiger partial charge is 0.573 e. The number of halogens is 3. The summed E-state index contributed by atoms with van der Waals surface area (Å²) in [7, 11) is 1.74. The first-order chi connectivity index (χ1) is 13.7. The lowest BCUT2D eigenvalue weighted by molar-refractivity contribution is -0.274. The third-order valence-electron chi connectivity index (χ3n) is 5.10. The van der Waals surface area contributed by atoms with E-state index in [9.17, 15) is 22.8 Å². The number of nitrogens with zero attached hydrogens (tertiary/aromatic N) is 3. The number of nitrogens with one attached hydrogen (secondary N) is 1. The van der Waals surface area contributed by atoms with Gasteiger partial charge in [-0.2, -0.15) is 0 Å². The summed E-state index contributed by atoms with van der Waals surface area (Å²) >= 11 is 0. The van der Waals surface area contributed by atoms with Crippen LogP contribution in [-0.4, -0.2) is 40.8 Å². The van der Waals surface area contributed by atoms with Crippen molar-refractivity contribution < 1.29 is 27.5 Å². The second-order valence-electron chi connectivity index (χ2n) is 6.87. The molecule has 0 radical (unpaired) electrons. The van der Waals surface area contributed by atoms with E-state index in [1.165, 1.54) is 17.0 Å². The van der Waals surface area contributed by atoms with Crippen LogP contribution in [0.15, 0.2) is 42.7 Å². The van der Waals surface area contributed by atoms with Crippen molar-refractivity contribution in [1.82, 2.24) is 9.88 Å². The third-order valence-corrected chi connectivity index (χ3v) is 5.10. The molecule has 2 aliphatic rings. The molecule has 1 saturated heterocycles. The number of rotatable bonds is 5. The topological polar surface area (TPSA) is 74.8 Å². The lowest BCUT2D eigenvalue weighted by Crippen LogP contribution is -2.36. The number of pyridine rings is 1. The lowest BCUT2D eigenvalue weighted by Gasteiger charge is -2.22. The number of urea groups is 1. The van der Waals surface area contributed by atoms with Crippen molar-refractivity contribution in [3.63, 3.8) is 0 Å². The van der Waals surface area contributed by atoms with E-state index in [1.54, 1.807) is 25.5 Å². The molecule has 1 aliphatic heterocycles. The molecule has 0 atom stereocenters. The molecule has 0 unspecified atom stereocenters. The van der Waals surface area contributed by atoms with Gasteiger partial charge in [0, 0.05) is 13.2 Å². The first kappa shape index (κ1) is 19.0. The smallest absolute Gasteiger partial charge is 0.406 e. The Morgan fingerprint density at radius 2 is 1.86 bits per heavy atom. The quantitative estimate of drug-likeness (QED) is 0.769. The first-order valence-electron chi connectivity index (χ1n) is 8.88. The minimum absolute atomic E-state index is 0.201. The van der Waals surface area contributed by atoms with Crippen molar-refractivity contribution in [3.8, 4) is 5.75 Å². The number of alkyl halides is 3. The Morgan fingerprint density at radius 3 is 2.45 bits per heavy atom. The molecule has 0 bridgehead atoms. The minimum atomic E-state index is -4.81. The van der Waals surface area contributed by atoms with Crippen molar-refractivity contribution in [1.29, 1.82) is 0 Å². The van der Waals surface area contributed by atoms with Gasteiger partial charge in [-0.05, 0) is 48.7 Å². The summed E-state index contributed by atoms with van der Waals surface area (Å²) in [5.74, 6) is -0.791. The maximum Gasteiger partial charge on any atom is 0.573 e. The third kappa shape index (κ3) is 3.34. The van der Waals surface area contributed by atoms with Gasteiger partial charge in [-0.1, -0.05) is 0 Å². The molecule has 3 amide bonds. The summed E-state index contributed by atoms with van der Waals surface area (Å²) in [5, 5.41) is 3.01. The average Bonchev–Trinajstić information content (AvgIpc) is 3.45. The van der Waals surface area contributed by atoms with Crippen molar-refractivity contribution in [3.05, 3.63) is 48.3 Å². The fraction of sp³-hybridized carbons (Fsp3) is 0.316. The molecule has 152 valence electrons. The summed E-state index contributed by atoms with van der Waals surface area (Å²) in [6.07, 6.45) is -0.485. The van der Waals surface area contributed by atoms with E-state index in [1.807, 2.05) is 0 Å². The van der Waals surface area contributed by atoms with Crippen molar-refractivity contribution in [2.45, 2.75) is 31.3 Å². The van der Waals surface area contributed by atoms with Gasteiger partial charge in [0.2, 0.25) is 0 Å². The number of hydrogen-bond donors (Lipinski definition) is 1. The van der Waals surface area contributed by atoms with E-state index in [-0.39, 0.29) is 18.1 Å². The second kappa shape index (κ2) is 6.64. The Morgan fingerprint density at radius 1 is 1.17 bits per heavy atom. The number of aromatic nitrogens is 1. The minimum Gasteiger partial charge on any atom is -0.406 e. The van der Waals surface area contributed by atoms with E-state index in [0.29, 0.717) is 12.8 Å². The Balaban J connectivity index is 1.60. The molecular weight excluding hydrogens is 389 g/mol. The van der Waals surface area contributed by atoms with Gasteiger partial charge in [-0.3, -0.25) is 9.78 Å². The van der Waals surface area contributed by atoms with Crippen LogP contribution in [0.2, 0.25) is 0 Å². The van der Waals surface area contributed by atoms with Gasteiger partial charge in [0.1, 0.15) is 11.3 Å². The average molecular weight is 406 g/mol. The Kier molecular flexibility index (Phi) is 4.36. The van der Waals surface area contributed by atoms with Crippen LogP contribution in [0, 0.1) is 0 Å². The highest BCUT2D eigenvalue weighted by atomic mass is 19.4. The van der Waals surface area contributed by atoms with Gasteiger partial charge in [-0.25, -0.2) is 9.69 Å². The Bertz CT molecular complexity index is 958. The Hall–Kier alpha value is -3.30. The fourth-order valence-corrected chi connectivity index (χ4v) is 3.52. The molecule has 1 aromatic heterocycles. The predicted octanol–water partition coefficient (Wildman–Crippen LogP) is 3.52. The standard InChI is InChI=1S/C19H17F3N4O3/c1-23-15-10-24-9-6-12(15)11-25-17(28)26(16(27)18(25)7-8-18)13-2-4-14(5-3-13)29-19(20,21)22/h2-6,9-10,23H,7-8,11H2,1H3. The summed E-state index contributed by atoms with van der Waals surface area (Å²) in [5.41, 5.74) is 0.861. The normalized spacial score (nSPS) is 17.8. The van der Waals surface area contributed by atoms with E-state index >= 15 is 0 Å². The van der Waals surface area contributed by atoms with Gasteiger partial charge >= 0.3 is 12.4 Å². The highest BCUT2D eigenvalue weighted by molar-refractivity contribution is 6.24. The van der Waals surface area contributed by atoms with Crippen LogP contribution in [0.4, 0.5) is 29.3 Å². The number of imide groups is 1. The molecule has 1 aromatic carbocycles. The van der Waals surface area contributed by atoms with Crippen LogP contribution in [0.5, 0.6) is 5.75 Å². The molecule has 1 spiro atoms. The van der Waals surface area contributed by atoms with Gasteiger partial charge in [0.05, 0.1) is 24.1 Å². The molecule has 2 fully saturated rings. The van der Waals surface area contributed by atoms with E-state index in [4.69, 9.17) is 0 Å². The molecule has 1 N–H and O–H groups in total. The van der Waals surface area contributed by atoms with Crippen LogP contribution in [-0.2, 0) is 11.3 Å². The van der Waals surface area contributed by atoms with Crippen molar-refractivity contribution in [2.24, 2.45) is 0 Å². The maximum atomic E-state index is 13.1. The van der Waals surface area contributed by atoms with Crippen LogP contribution in [0.25, 0.3) is 0 Å². The summed E-state index contributed by atoms with van der Waals surface area (Å²) in [4.78, 5) is 32.6. The van der Waals surface area contributed by atoms with Crippen molar-refractivity contribution in [2.75, 3.05) is 17.3 Å². The number of benzene rings is 1. The number of hydrogen-bond acceptors (Lipinski definition) is 5. The number of ether oxygens (including phenoxy) is 1. The van der Waals surface area contributed by atoms with E-state index in [2.05, 4.69) is 15.0 Å².